The number of hydrogen-bond acceptors (Lipinski definition) is 0. The van der Waals surface area contributed by atoms with E-state index in [4.69, 9.17) is 11.6 Å². The maximum Gasteiger partial charge on any atom is 0.0220 e. The van der Waals surface area contributed by atoms with E-state index in [-0.39, 0.29) is 0 Å². The van der Waals surface area contributed by atoms with Crippen molar-refractivity contribution < 1.29 is 0 Å². The van der Waals surface area contributed by atoms with E-state index >= 15 is 0 Å². The van der Waals surface area contributed by atoms with Crippen molar-refractivity contribution in [2.45, 2.75) is 13.3 Å². The molecule has 0 aromatic rings. The van der Waals surface area contributed by atoms with Crippen molar-refractivity contribution in [3.8, 4) is 0 Å². The van der Waals surface area contributed by atoms with Gasteiger partial charge in [0, 0.05) is 5.88 Å². The van der Waals surface area contributed by atoms with Gasteiger partial charge in [-0.05, 0) is 13.3 Å². The monoisotopic (exact) mass is 119 g/mol. The lowest BCUT2D eigenvalue weighted by Crippen LogP contribution is -1.55. The highest BCUT2D eigenvalue weighted by atomic mass is 35.5. The number of alkyl halides is 1. The Morgan fingerprint density at radius 2 is 1.86 bits per heavy atom. The summed E-state index contributed by atoms with van der Waals surface area (Å²) in [6.07, 6.45) is 2.58. The lowest BCUT2D eigenvalue weighted by Gasteiger charge is -1.65. The Morgan fingerprint density at radius 1 is 1.71 bits per heavy atom. The predicted molar refractivity (Wildman–Crippen MR) is 36.6 cm³/mol. The van der Waals surface area contributed by atoms with Crippen LogP contribution in [0.5, 0.6) is 0 Å². The number of halogens is 1. The molecule has 0 aromatic heterocycles. The third-order valence-corrected chi connectivity index (χ3v) is 0.567. The van der Waals surface area contributed by atoms with Gasteiger partial charge < -0.3 is 0 Å². The molecule has 0 aromatic carbocycles. The molecule has 0 spiro atoms. The highest BCUT2D eigenvalue weighted by Crippen LogP contribution is 1.75. The minimum Gasteiger partial charge on any atom is -0.127 e. The van der Waals surface area contributed by atoms with E-state index in [0.29, 0.717) is 0 Å². The van der Waals surface area contributed by atoms with Crippen LogP contribution in [0.15, 0.2) is 12.7 Å². The van der Waals surface area contributed by atoms with Crippen LogP contribution in [-0.4, -0.2) is 5.88 Å². The zero-order valence-corrected chi connectivity index (χ0v) is 5.54. The fourth-order valence-corrected chi connectivity index (χ4v) is 0. The Hall–Kier alpha value is 0.0300. The van der Waals surface area contributed by atoms with Crippen LogP contribution in [0.2, 0.25) is 0 Å². The van der Waals surface area contributed by atoms with E-state index in [1.165, 1.54) is 6.08 Å². The largest absolute Gasteiger partial charge is 0.127 e. The second-order valence-corrected chi connectivity index (χ2v) is 1.36. The second-order valence-electron chi connectivity index (χ2n) is 0.978. The van der Waals surface area contributed by atoms with Gasteiger partial charge in [0.2, 0.25) is 0 Å². The molecule has 1 heteroatoms. The van der Waals surface area contributed by atoms with Crippen molar-refractivity contribution in [2.24, 2.45) is 0 Å². The summed E-state index contributed by atoms with van der Waals surface area (Å²) in [6.45, 7) is 8.55. The molecule has 0 unspecified atom stereocenters. The van der Waals surface area contributed by atoms with Gasteiger partial charge in [-0.3, -0.25) is 0 Å². The Labute approximate surface area is 51.2 Å². The van der Waals surface area contributed by atoms with Gasteiger partial charge in [0.15, 0.2) is 0 Å². The van der Waals surface area contributed by atoms with Gasteiger partial charge >= 0.3 is 0 Å². The molecule has 0 aliphatic carbocycles. The summed E-state index contributed by atoms with van der Waals surface area (Å²) in [7, 11) is 0. The van der Waals surface area contributed by atoms with Crippen LogP contribution in [-0.2, 0) is 0 Å². The lowest BCUT2D eigenvalue weighted by molar-refractivity contribution is 1.10. The standard InChI is InChI=1S/C3H7Cl.C3H5/c1-2-3-4;1-3-2/h2-3H2,1H3;3H,1-2H2. The quantitative estimate of drug-likeness (QED) is 0.466. The van der Waals surface area contributed by atoms with E-state index in [2.05, 4.69) is 13.5 Å². The van der Waals surface area contributed by atoms with Crippen molar-refractivity contribution in [1.29, 1.82) is 0 Å². The summed E-state index contributed by atoms with van der Waals surface area (Å²) in [5, 5.41) is 0. The summed E-state index contributed by atoms with van der Waals surface area (Å²) in [4.78, 5) is 0. The second kappa shape index (κ2) is 16.6. The zero-order valence-electron chi connectivity index (χ0n) is 4.78. The van der Waals surface area contributed by atoms with Crippen molar-refractivity contribution in [3.63, 3.8) is 0 Å². The van der Waals surface area contributed by atoms with Crippen molar-refractivity contribution in [1.82, 2.24) is 0 Å². The van der Waals surface area contributed by atoms with Crippen LogP contribution in [0.3, 0.4) is 0 Å². The summed E-state index contributed by atoms with van der Waals surface area (Å²) in [5.41, 5.74) is 0. The van der Waals surface area contributed by atoms with Gasteiger partial charge in [-0.15, -0.1) is 18.2 Å². The molecular formula is C6H12Cl. The SMILES string of the molecule is CCCCl.[CH2]C=C. The first kappa shape index (κ1) is 10.1. The molecule has 0 N–H and O–H groups in total. The molecule has 0 aliphatic rings. The first-order valence-corrected chi connectivity index (χ1v) is 2.83. The summed E-state index contributed by atoms with van der Waals surface area (Å²) >= 11 is 5.19. The minimum absolute atomic E-state index is 0.792. The molecule has 0 fully saturated rings. The van der Waals surface area contributed by atoms with Crippen LogP contribution in [0.25, 0.3) is 0 Å². The molecule has 0 saturated heterocycles. The Balaban J connectivity index is 0. The molecule has 1 radical (unpaired) electrons. The summed E-state index contributed by atoms with van der Waals surface area (Å²) < 4.78 is 0. The average molecular weight is 120 g/mol. The Bertz CT molecular complexity index is 23.4. The Kier molecular flexibility index (Phi) is 24.0. The molecule has 0 nitrogen and oxygen atoms in total. The molecule has 0 atom stereocenters. The first-order valence-electron chi connectivity index (χ1n) is 2.29. The normalized spacial score (nSPS) is 6.14. The molecule has 0 amide bonds. The molecule has 43 valence electrons. The van der Waals surface area contributed by atoms with Crippen LogP contribution in [0.1, 0.15) is 13.3 Å². The van der Waals surface area contributed by atoms with Gasteiger partial charge in [0.25, 0.3) is 0 Å². The molecule has 0 rings (SSSR count). The van der Waals surface area contributed by atoms with Gasteiger partial charge in [0.05, 0.1) is 0 Å². The number of hydrogen-bond donors (Lipinski definition) is 0. The van der Waals surface area contributed by atoms with Gasteiger partial charge in [-0.25, -0.2) is 0 Å². The van der Waals surface area contributed by atoms with Crippen LogP contribution in [0.4, 0.5) is 0 Å². The topological polar surface area (TPSA) is 0 Å². The van der Waals surface area contributed by atoms with Crippen molar-refractivity contribution in [2.75, 3.05) is 5.88 Å². The van der Waals surface area contributed by atoms with E-state index in [1.807, 2.05) is 6.92 Å². The van der Waals surface area contributed by atoms with E-state index < -0.39 is 0 Å². The van der Waals surface area contributed by atoms with Gasteiger partial charge in [-0.2, -0.15) is 0 Å². The fraction of sp³-hybridized carbons (Fsp3) is 0.500. The minimum atomic E-state index is 0.792. The highest BCUT2D eigenvalue weighted by molar-refractivity contribution is 6.17. The summed E-state index contributed by atoms with van der Waals surface area (Å²) in [6, 6.07) is 0. The third kappa shape index (κ3) is 92.3. The molecule has 0 saturated carbocycles. The maximum atomic E-state index is 5.19. The average Bonchev–Trinajstić information content (AvgIpc) is 1.69. The van der Waals surface area contributed by atoms with Gasteiger partial charge in [0.1, 0.15) is 0 Å². The number of allylic oxidation sites excluding steroid dienone is 1. The van der Waals surface area contributed by atoms with E-state index in [1.54, 1.807) is 0 Å². The van der Waals surface area contributed by atoms with Crippen molar-refractivity contribution >= 4 is 11.6 Å². The molecular weight excluding hydrogens is 108 g/mol. The third-order valence-electron chi connectivity index (χ3n) is 0.189. The Morgan fingerprint density at radius 3 is 1.86 bits per heavy atom. The molecule has 0 heterocycles. The van der Waals surface area contributed by atoms with Gasteiger partial charge in [-0.1, -0.05) is 13.0 Å². The fourth-order valence-electron chi connectivity index (χ4n) is 0. The first-order chi connectivity index (χ1) is 3.33. The number of rotatable bonds is 1. The smallest absolute Gasteiger partial charge is 0.0220 e. The zero-order chi connectivity index (χ0) is 6.12. The van der Waals surface area contributed by atoms with Crippen LogP contribution >= 0.6 is 11.6 Å². The summed E-state index contributed by atoms with van der Waals surface area (Å²) in [5.74, 6) is 0.792. The van der Waals surface area contributed by atoms with E-state index in [0.717, 1.165) is 12.3 Å². The van der Waals surface area contributed by atoms with E-state index in [9.17, 15) is 0 Å². The van der Waals surface area contributed by atoms with Crippen molar-refractivity contribution in [3.05, 3.63) is 19.6 Å². The van der Waals surface area contributed by atoms with Crippen LogP contribution < -0.4 is 0 Å². The molecule has 0 bridgehead atoms. The maximum absolute atomic E-state index is 5.19. The molecule has 0 aliphatic heterocycles. The highest BCUT2D eigenvalue weighted by Gasteiger charge is 1.59. The predicted octanol–water partition coefficient (Wildman–Crippen LogP) is 2.64. The van der Waals surface area contributed by atoms with Crippen LogP contribution in [0, 0.1) is 6.92 Å². The molecule has 7 heavy (non-hydrogen) atoms. The lowest BCUT2D eigenvalue weighted by atomic mass is 10.6.